The Kier molecular flexibility index (Phi) is 1.56. The lowest BCUT2D eigenvalue weighted by molar-refractivity contribution is 0.0955. The molecule has 2 heterocycles. The lowest BCUT2D eigenvalue weighted by Gasteiger charge is -1.93. The summed E-state index contributed by atoms with van der Waals surface area (Å²) in [5, 5.41) is 8.27. The molecule has 0 aliphatic heterocycles. The lowest BCUT2D eigenvalue weighted by Crippen LogP contribution is -2.29. The first-order valence-electron chi connectivity index (χ1n) is 3.24. The molecule has 0 aliphatic rings. The van der Waals surface area contributed by atoms with E-state index in [1.807, 2.05) is 0 Å². The zero-order valence-corrected chi connectivity index (χ0v) is 6.81. The van der Waals surface area contributed by atoms with Gasteiger partial charge in [-0.15, -0.1) is 11.3 Å². The van der Waals surface area contributed by atoms with Crippen molar-refractivity contribution < 1.29 is 4.79 Å². The second-order valence-corrected chi connectivity index (χ2v) is 3.14. The second kappa shape index (κ2) is 2.58. The van der Waals surface area contributed by atoms with E-state index in [-0.39, 0.29) is 5.91 Å². The number of hydrogen-bond donors (Lipinski definition) is 3. The smallest absolute Gasteiger partial charge is 0.268 e. The van der Waals surface area contributed by atoms with Crippen LogP contribution in [0.5, 0.6) is 0 Å². The highest BCUT2D eigenvalue weighted by Gasteiger charge is 2.11. The Morgan fingerprint density at radius 3 is 3.33 bits per heavy atom. The summed E-state index contributed by atoms with van der Waals surface area (Å²) in [6.45, 7) is 0. The van der Waals surface area contributed by atoms with Crippen molar-refractivity contribution in [2.75, 3.05) is 0 Å². The van der Waals surface area contributed by atoms with Gasteiger partial charge in [0, 0.05) is 5.38 Å². The molecule has 0 atom stereocenters. The zero-order chi connectivity index (χ0) is 8.55. The van der Waals surface area contributed by atoms with Gasteiger partial charge in [-0.25, -0.2) is 5.84 Å². The topological polar surface area (TPSA) is 83.8 Å². The Hall–Kier alpha value is -1.40. The number of carbonyl (C=O) groups is 1. The van der Waals surface area contributed by atoms with Gasteiger partial charge >= 0.3 is 0 Å². The SMILES string of the molecule is NNC(=O)c1csc2cn[nH]c12. The van der Waals surface area contributed by atoms with Crippen molar-refractivity contribution in [1.82, 2.24) is 15.6 Å². The average Bonchev–Trinajstić information content (AvgIpc) is 2.62. The van der Waals surface area contributed by atoms with Crippen molar-refractivity contribution >= 4 is 27.5 Å². The molecular weight excluding hydrogens is 176 g/mol. The number of aromatic nitrogens is 2. The van der Waals surface area contributed by atoms with Crippen molar-refractivity contribution in [1.29, 1.82) is 0 Å². The fourth-order valence-corrected chi connectivity index (χ4v) is 1.84. The molecule has 2 aromatic heterocycles. The van der Waals surface area contributed by atoms with Crippen molar-refractivity contribution in [3.05, 3.63) is 17.1 Å². The van der Waals surface area contributed by atoms with Crippen LogP contribution >= 0.6 is 11.3 Å². The maximum atomic E-state index is 11.1. The summed E-state index contributed by atoms with van der Waals surface area (Å²) in [6.07, 6.45) is 1.67. The highest BCUT2D eigenvalue weighted by molar-refractivity contribution is 7.17. The zero-order valence-electron chi connectivity index (χ0n) is 6.00. The molecule has 4 N–H and O–H groups in total. The minimum absolute atomic E-state index is 0.300. The molecule has 6 heteroatoms. The largest absolute Gasteiger partial charge is 0.290 e. The van der Waals surface area contributed by atoms with Crippen LogP contribution < -0.4 is 11.3 Å². The van der Waals surface area contributed by atoms with Crippen LogP contribution in [-0.2, 0) is 0 Å². The van der Waals surface area contributed by atoms with Crippen molar-refractivity contribution in [3.63, 3.8) is 0 Å². The standard InChI is InChI=1S/C6H6N4OS/c7-9-6(11)3-2-12-4-1-8-10-5(3)4/h1-2H,7H2,(H,8,10)(H,9,11). The third-order valence-electron chi connectivity index (χ3n) is 1.55. The number of nitrogens with zero attached hydrogens (tertiary/aromatic N) is 1. The summed E-state index contributed by atoms with van der Waals surface area (Å²) < 4.78 is 0.952. The van der Waals surface area contributed by atoms with Gasteiger partial charge in [-0.2, -0.15) is 5.10 Å². The quantitative estimate of drug-likeness (QED) is 0.335. The average molecular weight is 182 g/mol. The van der Waals surface area contributed by atoms with Crippen molar-refractivity contribution in [2.45, 2.75) is 0 Å². The summed E-state index contributed by atoms with van der Waals surface area (Å²) in [5.41, 5.74) is 3.35. The van der Waals surface area contributed by atoms with Crippen LogP contribution in [0.3, 0.4) is 0 Å². The van der Waals surface area contributed by atoms with Gasteiger partial charge in [0.1, 0.15) is 0 Å². The van der Waals surface area contributed by atoms with Gasteiger partial charge < -0.3 is 0 Å². The highest BCUT2D eigenvalue weighted by atomic mass is 32.1. The number of amides is 1. The van der Waals surface area contributed by atoms with E-state index in [9.17, 15) is 4.79 Å². The van der Waals surface area contributed by atoms with Crippen LogP contribution in [0, 0.1) is 0 Å². The number of rotatable bonds is 1. The molecule has 0 saturated heterocycles. The molecule has 2 aromatic rings. The number of nitrogen functional groups attached to an aromatic ring is 1. The lowest BCUT2D eigenvalue weighted by atomic mass is 10.3. The van der Waals surface area contributed by atoms with E-state index < -0.39 is 0 Å². The van der Waals surface area contributed by atoms with Crippen LogP contribution in [0.15, 0.2) is 11.6 Å². The molecule has 0 aliphatic carbocycles. The van der Waals surface area contributed by atoms with E-state index >= 15 is 0 Å². The van der Waals surface area contributed by atoms with E-state index in [2.05, 4.69) is 15.6 Å². The molecule has 2 rings (SSSR count). The summed E-state index contributed by atoms with van der Waals surface area (Å²) in [5.74, 6) is 4.69. The summed E-state index contributed by atoms with van der Waals surface area (Å²) in [6, 6.07) is 0. The number of thiophene rings is 1. The molecule has 0 fully saturated rings. The minimum Gasteiger partial charge on any atom is -0.290 e. The first-order chi connectivity index (χ1) is 5.83. The molecule has 5 nitrogen and oxygen atoms in total. The highest BCUT2D eigenvalue weighted by Crippen LogP contribution is 2.22. The summed E-state index contributed by atoms with van der Waals surface area (Å²) >= 11 is 1.45. The van der Waals surface area contributed by atoms with Gasteiger partial charge in [-0.1, -0.05) is 0 Å². The Labute approximate surface area is 71.5 Å². The van der Waals surface area contributed by atoms with Crippen molar-refractivity contribution in [2.24, 2.45) is 5.84 Å². The normalized spacial score (nSPS) is 10.4. The monoisotopic (exact) mass is 182 g/mol. The van der Waals surface area contributed by atoms with Gasteiger partial charge in [0.2, 0.25) is 0 Å². The van der Waals surface area contributed by atoms with Gasteiger partial charge in [-0.3, -0.25) is 15.3 Å². The predicted octanol–water partition coefficient (Wildman–Crippen LogP) is 0.228. The van der Waals surface area contributed by atoms with E-state index in [1.165, 1.54) is 11.3 Å². The number of fused-ring (bicyclic) bond motifs is 1. The minimum atomic E-state index is -0.300. The fraction of sp³-hybridized carbons (Fsp3) is 0. The van der Waals surface area contributed by atoms with Gasteiger partial charge in [0.25, 0.3) is 5.91 Å². The third kappa shape index (κ3) is 0.892. The predicted molar refractivity (Wildman–Crippen MR) is 45.6 cm³/mol. The van der Waals surface area contributed by atoms with Crippen LogP contribution in [0.2, 0.25) is 0 Å². The number of nitrogens with two attached hydrogens (primary N) is 1. The molecule has 62 valence electrons. The van der Waals surface area contributed by atoms with Crippen molar-refractivity contribution in [3.8, 4) is 0 Å². The maximum Gasteiger partial charge on any atom is 0.268 e. The Morgan fingerprint density at radius 1 is 1.75 bits per heavy atom. The molecule has 0 radical (unpaired) electrons. The first kappa shape index (κ1) is 7.26. The molecule has 0 aromatic carbocycles. The molecule has 0 unspecified atom stereocenters. The van der Waals surface area contributed by atoms with Crippen LogP contribution in [0.1, 0.15) is 10.4 Å². The van der Waals surface area contributed by atoms with E-state index in [0.717, 1.165) is 10.2 Å². The van der Waals surface area contributed by atoms with Gasteiger partial charge in [0.05, 0.1) is 22.0 Å². The van der Waals surface area contributed by atoms with E-state index in [0.29, 0.717) is 5.56 Å². The molecule has 0 bridgehead atoms. The number of H-pyrrole nitrogens is 1. The molecule has 0 saturated carbocycles. The fourth-order valence-electron chi connectivity index (χ4n) is 0.984. The van der Waals surface area contributed by atoms with E-state index in [4.69, 9.17) is 5.84 Å². The number of hydrogen-bond acceptors (Lipinski definition) is 4. The molecule has 0 spiro atoms. The second-order valence-electron chi connectivity index (χ2n) is 2.23. The molecule has 1 amide bonds. The summed E-state index contributed by atoms with van der Waals surface area (Å²) in [7, 11) is 0. The van der Waals surface area contributed by atoms with Crippen LogP contribution in [0.25, 0.3) is 10.2 Å². The summed E-state index contributed by atoms with van der Waals surface area (Å²) in [4.78, 5) is 11.1. The van der Waals surface area contributed by atoms with Gasteiger partial charge in [0.15, 0.2) is 0 Å². The first-order valence-corrected chi connectivity index (χ1v) is 4.12. The molecular formula is C6H6N4OS. The Balaban J connectivity index is 2.61. The number of hydrazine groups is 1. The Bertz CT molecular complexity index is 418. The van der Waals surface area contributed by atoms with Crippen LogP contribution in [-0.4, -0.2) is 16.1 Å². The maximum absolute atomic E-state index is 11.1. The van der Waals surface area contributed by atoms with E-state index in [1.54, 1.807) is 11.6 Å². The number of carbonyl (C=O) groups excluding carboxylic acids is 1. The number of aromatic amines is 1. The molecule has 12 heavy (non-hydrogen) atoms. The van der Waals surface area contributed by atoms with Crippen LogP contribution in [0.4, 0.5) is 0 Å². The van der Waals surface area contributed by atoms with Gasteiger partial charge in [-0.05, 0) is 0 Å². The third-order valence-corrected chi connectivity index (χ3v) is 2.47. The number of nitrogens with one attached hydrogen (secondary N) is 2. The Morgan fingerprint density at radius 2 is 2.58 bits per heavy atom.